The number of benzene rings is 3. The predicted molar refractivity (Wildman–Crippen MR) is 123 cm³/mol. The third-order valence-electron chi connectivity index (χ3n) is 5.93. The van der Waals surface area contributed by atoms with Crippen molar-refractivity contribution in [3.63, 3.8) is 0 Å². The Hall–Kier alpha value is -3.64. The molecule has 0 saturated carbocycles. The summed E-state index contributed by atoms with van der Waals surface area (Å²) < 4.78 is 25.9. The lowest BCUT2D eigenvalue weighted by molar-refractivity contribution is 0.0728. The molecule has 1 aliphatic heterocycles. The van der Waals surface area contributed by atoms with Crippen molar-refractivity contribution < 1.29 is 18.3 Å². The van der Waals surface area contributed by atoms with Crippen LogP contribution >= 0.6 is 11.6 Å². The molecule has 2 heterocycles. The van der Waals surface area contributed by atoms with Crippen LogP contribution in [0.15, 0.2) is 75.9 Å². The molecule has 0 spiro atoms. The number of hydrogen-bond donors (Lipinski definition) is 0. The lowest BCUT2D eigenvalue weighted by Crippen LogP contribution is -2.32. The van der Waals surface area contributed by atoms with Crippen LogP contribution in [0.4, 0.5) is 4.39 Å². The maximum atomic E-state index is 14.9. The van der Waals surface area contributed by atoms with Crippen molar-refractivity contribution in [1.82, 2.24) is 4.90 Å². The second-order valence-electron chi connectivity index (χ2n) is 7.84. The first-order chi connectivity index (χ1) is 16.0. The van der Waals surface area contributed by atoms with E-state index in [0.717, 1.165) is 11.3 Å². The number of rotatable bonds is 5. The Balaban J connectivity index is 1.62. The number of hydrogen-bond acceptors (Lipinski definition) is 4. The lowest BCUT2D eigenvalue weighted by Gasteiger charge is -2.25. The molecule has 0 aliphatic carbocycles. The molecule has 5 rings (SSSR count). The molecule has 0 saturated heterocycles. The monoisotopic (exact) mass is 463 g/mol. The largest absolute Gasteiger partial charge is 0.497 e. The molecule has 0 bridgehead atoms. The SMILES string of the molecule is COc1ccc(CCN2C(=O)c3oc4ccc(Cl)cc4c(=O)c3[C@H]2c2ccccc2F)cc1. The fourth-order valence-electron chi connectivity index (χ4n) is 4.29. The fourth-order valence-corrected chi connectivity index (χ4v) is 4.46. The van der Waals surface area contributed by atoms with Crippen molar-refractivity contribution >= 4 is 28.5 Å². The molecule has 1 atom stereocenters. The summed E-state index contributed by atoms with van der Waals surface area (Å²) in [6.07, 6.45) is 0.508. The van der Waals surface area contributed by atoms with Crippen LogP contribution in [0.5, 0.6) is 5.75 Å². The van der Waals surface area contributed by atoms with E-state index in [1.165, 1.54) is 17.0 Å². The normalized spacial score (nSPS) is 15.2. The van der Waals surface area contributed by atoms with Crippen LogP contribution in [0.2, 0.25) is 5.02 Å². The lowest BCUT2D eigenvalue weighted by atomic mass is 9.98. The van der Waals surface area contributed by atoms with Gasteiger partial charge in [0, 0.05) is 17.1 Å². The Morgan fingerprint density at radius 3 is 2.55 bits per heavy atom. The first-order valence-electron chi connectivity index (χ1n) is 10.4. The van der Waals surface area contributed by atoms with E-state index in [-0.39, 0.29) is 39.8 Å². The fraction of sp³-hybridized carbons (Fsp3) is 0.154. The summed E-state index contributed by atoms with van der Waals surface area (Å²) in [5.74, 6) is -0.269. The second kappa shape index (κ2) is 8.37. The van der Waals surface area contributed by atoms with Gasteiger partial charge in [-0.3, -0.25) is 9.59 Å². The quantitative estimate of drug-likeness (QED) is 0.398. The van der Waals surface area contributed by atoms with Gasteiger partial charge in [0.2, 0.25) is 5.76 Å². The predicted octanol–water partition coefficient (Wildman–Crippen LogP) is 5.38. The van der Waals surface area contributed by atoms with Crippen molar-refractivity contribution in [3.8, 4) is 5.75 Å². The van der Waals surface area contributed by atoms with Gasteiger partial charge in [-0.25, -0.2) is 4.39 Å². The Morgan fingerprint density at radius 1 is 1.06 bits per heavy atom. The van der Waals surface area contributed by atoms with Crippen molar-refractivity contribution in [2.24, 2.45) is 0 Å². The Morgan fingerprint density at radius 2 is 1.82 bits per heavy atom. The zero-order valence-corrected chi connectivity index (χ0v) is 18.4. The number of fused-ring (bicyclic) bond motifs is 2. The maximum absolute atomic E-state index is 14.9. The van der Waals surface area contributed by atoms with Gasteiger partial charge in [0.25, 0.3) is 5.91 Å². The molecule has 7 heteroatoms. The highest BCUT2D eigenvalue weighted by Crippen LogP contribution is 2.39. The number of nitrogens with zero attached hydrogens (tertiary/aromatic N) is 1. The summed E-state index contributed by atoms with van der Waals surface area (Å²) in [6.45, 7) is 0.269. The van der Waals surface area contributed by atoms with Crippen LogP contribution in [0.25, 0.3) is 11.0 Å². The van der Waals surface area contributed by atoms with E-state index in [1.54, 1.807) is 37.4 Å². The van der Waals surface area contributed by atoms with Crippen molar-refractivity contribution in [2.45, 2.75) is 12.5 Å². The van der Waals surface area contributed by atoms with Crippen LogP contribution in [0, 0.1) is 5.82 Å². The van der Waals surface area contributed by atoms with Gasteiger partial charge in [0.1, 0.15) is 17.1 Å². The standard InChI is InChI=1S/C26H19ClFNO4/c1-32-17-9-6-15(7-10-17)12-13-29-23(18-4-2-3-5-20(18)28)22-24(30)19-14-16(27)8-11-21(19)33-25(22)26(29)31/h2-11,14,23H,12-13H2,1H3/t23-/m1/s1. The van der Waals surface area contributed by atoms with Crippen LogP contribution in [-0.2, 0) is 6.42 Å². The van der Waals surface area contributed by atoms with E-state index in [4.69, 9.17) is 20.8 Å². The molecule has 1 aliphatic rings. The van der Waals surface area contributed by atoms with Gasteiger partial charge in [-0.2, -0.15) is 0 Å². The molecule has 0 radical (unpaired) electrons. The summed E-state index contributed by atoms with van der Waals surface area (Å²) in [7, 11) is 1.59. The van der Waals surface area contributed by atoms with Crippen molar-refractivity contribution in [2.75, 3.05) is 13.7 Å². The molecule has 5 nitrogen and oxygen atoms in total. The molecule has 0 unspecified atom stereocenters. The summed E-state index contributed by atoms with van der Waals surface area (Å²) in [5.41, 5.74) is 1.23. The van der Waals surface area contributed by atoms with Crippen molar-refractivity contribution in [1.29, 1.82) is 0 Å². The van der Waals surface area contributed by atoms with Gasteiger partial charge in [-0.05, 0) is 48.4 Å². The summed E-state index contributed by atoms with van der Waals surface area (Å²) in [6, 6.07) is 17.4. The smallest absolute Gasteiger partial charge is 0.290 e. The summed E-state index contributed by atoms with van der Waals surface area (Å²) in [5, 5.41) is 0.630. The highest BCUT2D eigenvalue weighted by molar-refractivity contribution is 6.31. The Kier molecular flexibility index (Phi) is 5.38. The highest BCUT2D eigenvalue weighted by atomic mass is 35.5. The van der Waals surface area contributed by atoms with Gasteiger partial charge >= 0.3 is 0 Å². The zero-order valence-electron chi connectivity index (χ0n) is 17.7. The topological polar surface area (TPSA) is 59.8 Å². The molecule has 33 heavy (non-hydrogen) atoms. The van der Waals surface area contributed by atoms with Gasteiger partial charge in [-0.1, -0.05) is 41.9 Å². The molecule has 3 aromatic carbocycles. The number of halogens is 2. The number of ether oxygens (including phenoxy) is 1. The molecule has 166 valence electrons. The number of carbonyl (C=O) groups excluding carboxylic acids is 1. The van der Waals surface area contributed by atoms with E-state index in [0.29, 0.717) is 11.4 Å². The van der Waals surface area contributed by atoms with Crippen LogP contribution in [0.3, 0.4) is 0 Å². The van der Waals surface area contributed by atoms with Gasteiger partial charge in [0.15, 0.2) is 5.43 Å². The molecule has 0 N–H and O–H groups in total. The maximum Gasteiger partial charge on any atom is 0.290 e. The minimum atomic E-state index is -0.897. The van der Waals surface area contributed by atoms with E-state index < -0.39 is 17.8 Å². The highest BCUT2D eigenvalue weighted by Gasteiger charge is 2.43. The first-order valence-corrected chi connectivity index (χ1v) is 10.8. The molecular weight excluding hydrogens is 445 g/mol. The third kappa shape index (κ3) is 3.66. The number of amides is 1. The summed E-state index contributed by atoms with van der Waals surface area (Å²) in [4.78, 5) is 28.4. The second-order valence-corrected chi connectivity index (χ2v) is 8.27. The molecule has 1 aromatic heterocycles. The van der Waals surface area contributed by atoms with E-state index >= 15 is 0 Å². The van der Waals surface area contributed by atoms with Crippen LogP contribution < -0.4 is 10.2 Å². The van der Waals surface area contributed by atoms with Gasteiger partial charge < -0.3 is 14.1 Å². The Bertz CT molecular complexity index is 1430. The third-order valence-corrected chi connectivity index (χ3v) is 6.16. The summed E-state index contributed by atoms with van der Waals surface area (Å²) >= 11 is 6.09. The average Bonchev–Trinajstić information content (AvgIpc) is 3.10. The van der Waals surface area contributed by atoms with E-state index in [2.05, 4.69) is 0 Å². The Labute approximate surface area is 194 Å². The number of methoxy groups -OCH3 is 1. The van der Waals surface area contributed by atoms with Gasteiger partial charge in [-0.15, -0.1) is 0 Å². The molecule has 4 aromatic rings. The minimum Gasteiger partial charge on any atom is -0.497 e. The molecule has 1 amide bonds. The first kappa shape index (κ1) is 21.2. The number of carbonyl (C=O) groups is 1. The molecular formula is C26H19ClFNO4. The van der Waals surface area contributed by atoms with Crippen LogP contribution in [-0.4, -0.2) is 24.5 Å². The van der Waals surface area contributed by atoms with Gasteiger partial charge in [0.05, 0.1) is 24.1 Å². The van der Waals surface area contributed by atoms with E-state index in [9.17, 15) is 14.0 Å². The average molecular weight is 464 g/mol. The van der Waals surface area contributed by atoms with Crippen LogP contribution in [0.1, 0.15) is 33.3 Å². The molecule has 0 fully saturated rings. The minimum absolute atomic E-state index is 0.0576. The van der Waals surface area contributed by atoms with Crippen molar-refractivity contribution in [3.05, 3.63) is 110 Å². The van der Waals surface area contributed by atoms with E-state index in [1.807, 2.05) is 24.3 Å². The zero-order chi connectivity index (χ0) is 23.1.